The molecule has 0 bridgehead atoms. The van der Waals surface area contributed by atoms with E-state index in [-0.39, 0.29) is 5.63 Å². The van der Waals surface area contributed by atoms with Gasteiger partial charge < -0.3 is 9.42 Å². The SMILES string of the molecule is CN(C)CCCN=Cc1c(-c2ccccc2)[nH]oc1=O. The first kappa shape index (κ1) is 14.3. The molecule has 1 aromatic carbocycles. The first-order valence-corrected chi connectivity index (χ1v) is 6.60. The molecule has 0 saturated carbocycles. The highest BCUT2D eigenvalue weighted by Crippen LogP contribution is 2.17. The van der Waals surface area contributed by atoms with Gasteiger partial charge >= 0.3 is 5.63 Å². The molecule has 0 amide bonds. The van der Waals surface area contributed by atoms with Crippen molar-refractivity contribution in [3.05, 3.63) is 46.3 Å². The largest absolute Gasteiger partial charge is 0.366 e. The third kappa shape index (κ3) is 3.68. The molecule has 2 rings (SSSR count). The molecule has 5 nitrogen and oxygen atoms in total. The molecule has 2 aromatic rings. The number of benzene rings is 1. The van der Waals surface area contributed by atoms with Gasteiger partial charge in [-0.1, -0.05) is 30.3 Å². The van der Waals surface area contributed by atoms with E-state index in [0.717, 1.165) is 18.5 Å². The number of aliphatic imine (C=N–C) groups is 1. The summed E-state index contributed by atoms with van der Waals surface area (Å²) in [6, 6.07) is 9.60. The van der Waals surface area contributed by atoms with Crippen molar-refractivity contribution in [2.24, 2.45) is 4.99 Å². The average molecular weight is 273 g/mol. The number of rotatable bonds is 6. The molecule has 5 heteroatoms. The van der Waals surface area contributed by atoms with Crippen molar-refractivity contribution in [3.8, 4) is 11.3 Å². The summed E-state index contributed by atoms with van der Waals surface area (Å²) in [6.45, 7) is 1.67. The van der Waals surface area contributed by atoms with Crippen LogP contribution in [0.1, 0.15) is 12.0 Å². The third-order valence-electron chi connectivity index (χ3n) is 2.91. The Morgan fingerprint density at radius 2 is 2.05 bits per heavy atom. The van der Waals surface area contributed by atoms with Gasteiger partial charge in [-0.15, -0.1) is 0 Å². The quantitative estimate of drug-likeness (QED) is 0.647. The lowest BCUT2D eigenvalue weighted by Gasteiger charge is -2.06. The molecule has 0 fully saturated rings. The van der Waals surface area contributed by atoms with E-state index in [9.17, 15) is 4.79 Å². The van der Waals surface area contributed by atoms with Gasteiger partial charge in [0.2, 0.25) is 0 Å². The summed E-state index contributed by atoms with van der Waals surface area (Å²) in [5, 5.41) is 2.66. The molecule has 0 spiro atoms. The normalized spacial score (nSPS) is 11.6. The van der Waals surface area contributed by atoms with Crippen LogP contribution < -0.4 is 5.63 Å². The standard InChI is InChI=1S/C15H19N3O2/c1-18(2)10-6-9-16-11-13-14(17-20-15(13)19)12-7-4-3-5-8-12/h3-5,7-8,11,17H,6,9-10H2,1-2H3. The predicted molar refractivity (Wildman–Crippen MR) is 80.4 cm³/mol. The highest BCUT2D eigenvalue weighted by atomic mass is 16.5. The predicted octanol–water partition coefficient (Wildman–Crippen LogP) is 2.01. The van der Waals surface area contributed by atoms with E-state index in [1.807, 2.05) is 44.4 Å². The van der Waals surface area contributed by atoms with Crippen molar-refractivity contribution in [1.82, 2.24) is 10.1 Å². The zero-order valence-corrected chi connectivity index (χ0v) is 11.8. The molecule has 0 aliphatic heterocycles. The van der Waals surface area contributed by atoms with Gasteiger partial charge in [0.05, 0.1) is 5.69 Å². The van der Waals surface area contributed by atoms with Gasteiger partial charge in [-0.3, -0.25) is 4.99 Å². The fraction of sp³-hybridized carbons (Fsp3) is 0.333. The lowest BCUT2D eigenvalue weighted by Crippen LogP contribution is -2.13. The number of hydrogen-bond acceptors (Lipinski definition) is 4. The number of nitrogens with one attached hydrogen (secondary N) is 1. The number of aromatic nitrogens is 1. The Balaban J connectivity index is 2.10. The Labute approximate surface area is 117 Å². The van der Waals surface area contributed by atoms with E-state index in [0.29, 0.717) is 17.8 Å². The highest BCUT2D eigenvalue weighted by molar-refractivity contribution is 5.87. The smallest absolute Gasteiger partial charge is 0.338 e. The second kappa shape index (κ2) is 6.86. The lowest BCUT2D eigenvalue weighted by atomic mass is 10.1. The van der Waals surface area contributed by atoms with Crippen molar-refractivity contribution in [2.45, 2.75) is 6.42 Å². The second-order valence-electron chi connectivity index (χ2n) is 4.84. The van der Waals surface area contributed by atoms with E-state index in [2.05, 4.69) is 15.0 Å². The average Bonchev–Trinajstić information content (AvgIpc) is 2.80. The first-order valence-electron chi connectivity index (χ1n) is 6.60. The van der Waals surface area contributed by atoms with Crippen molar-refractivity contribution >= 4 is 6.21 Å². The summed E-state index contributed by atoms with van der Waals surface area (Å²) in [5.41, 5.74) is 1.67. The number of nitrogens with zero attached hydrogens (tertiary/aromatic N) is 2. The van der Waals surface area contributed by atoms with Gasteiger partial charge in [-0.05, 0) is 27.1 Å². The first-order chi connectivity index (χ1) is 9.68. The van der Waals surface area contributed by atoms with E-state index in [4.69, 9.17) is 4.52 Å². The van der Waals surface area contributed by atoms with Gasteiger partial charge in [-0.25, -0.2) is 9.95 Å². The third-order valence-corrected chi connectivity index (χ3v) is 2.91. The van der Waals surface area contributed by atoms with Crippen LogP contribution in [0, 0.1) is 0 Å². The van der Waals surface area contributed by atoms with E-state index in [1.54, 1.807) is 6.21 Å². The van der Waals surface area contributed by atoms with Crippen LogP contribution in [0.3, 0.4) is 0 Å². The maximum atomic E-state index is 11.7. The van der Waals surface area contributed by atoms with Crippen molar-refractivity contribution in [1.29, 1.82) is 0 Å². The molecule has 106 valence electrons. The molecule has 20 heavy (non-hydrogen) atoms. The monoisotopic (exact) mass is 273 g/mol. The molecular formula is C15H19N3O2. The van der Waals surface area contributed by atoms with E-state index in [1.165, 1.54) is 0 Å². The Kier molecular flexibility index (Phi) is 4.90. The second-order valence-corrected chi connectivity index (χ2v) is 4.84. The topological polar surface area (TPSA) is 61.6 Å². The molecular weight excluding hydrogens is 254 g/mol. The van der Waals surface area contributed by atoms with Crippen LogP contribution in [-0.4, -0.2) is 43.5 Å². The Hall–Kier alpha value is -2.14. The minimum atomic E-state index is -0.389. The van der Waals surface area contributed by atoms with Gasteiger partial charge in [0, 0.05) is 18.3 Å². The fourth-order valence-electron chi connectivity index (χ4n) is 1.88. The minimum Gasteiger partial charge on any atom is -0.338 e. The Morgan fingerprint density at radius 3 is 2.75 bits per heavy atom. The van der Waals surface area contributed by atoms with Gasteiger partial charge in [0.1, 0.15) is 5.56 Å². The molecule has 0 radical (unpaired) electrons. The maximum absolute atomic E-state index is 11.7. The van der Waals surface area contributed by atoms with Crippen LogP contribution >= 0.6 is 0 Å². The minimum absolute atomic E-state index is 0.389. The van der Waals surface area contributed by atoms with Crippen LogP contribution in [0.4, 0.5) is 0 Å². The van der Waals surface area contributed by atoms with Gasteiger partial charge in [0.25, 0.3) is 0 Å². The summed E-state index contributed by atoms with van der Waals surface area (Å²) in [4.78, 5) is 18.1. The summed E-state index contributed by atoms with van der Waals surface area (Å²) in [7, 11) is 4.05. The molecule has 0 aliphatic carbocycles. The Bertz CT molecular complexity index is 612. The van der Waals surface area contributed by atoms with Crippen molar-refractivity contribution < 1.29 is 4.52 Å². The molecule has 1 N–H and O–H groups in total. The van der Waals surface area contributed by atoms with Crippen molar-refractivity contribution in [2.75, 3.05) is 27.2 Å². The number of aromatic amines is 1. The maximum Gasteiger partial charge on any atom is 0.366 e. The van der Waals surface area contributed by atoms with Crippen LogP contribution in [-0.2, 0) is 0 Å². The van der Waals surface area contributed by atoms with Crippen LogP contribution in [0.2, 0.25) is 0 Å². The lowest BCUT2D eigenvalue weighted by molar-refractivity contribution is 0.393. The van der Waals surface area contributed by atoms with Crippen LogP contribution in [0.25, 0.3) is 11.3 Å². The Morgan fingerprint density at radius 1 is 1.30 bits per heavy atom. The number of H-pyrrole nitrogens is 1. The van der Waals surface area contributed by atoms with Gasteiger partial charge in [0.15, 0.2) is 0 Å². The summed E-state index contributed by atoms with van der Waals surface area (Å²) < 4.78 is 4.87. The van der Waals surface area contributed by atoms with Crippen LogP contribution in [0.15, 0.2) is 44.6 Å². The van der Waals surface area contributed by atoms with Crippen LogP contribution in [0.5, 0.6) is 0 Å². The summed E-state index contributed by atoms with van der Waals surface area (Å²) in [6.07, 6.45) is 2.56. The summed E-state index contributed by atoms with van der Waals surface area (Å²) >= 11 is 0. The summed E-state index contributed by atoms with van der Waals surface area (Å²) in [5.74, 6) is 0. The van der Waals surface area contributed by atoms with Crippen molar-refractivity contribution in [3.63, 3.8) is 0 Å². The van der Waals surface area contributed by atoms with E-state index < -0.39 is 0 Å². The molecule has 0 saturated heterocycles. The zero-order valence-electron chi connectivity index (χ0n) is 11.8. The fourth-order valence-corrected chi connectivity index (χ4v) is 1.88. The van der Waals surface area contributed by atoms with E-state index >= 15 is 0 Å². The molecule has 0 atom stereocenters. The molecule has 0 aliphatic rings. The molecule has 0 unspecified atom stereocenters. The molecule has 1 heterocycles. The number of hydrogen-bond donors (Lipinski definition) is 1. The zero-order chi connectivity index (χ0) is 14.4. The molecule has 1 aromatic heterocycles. The van der Waals surface area contributed by atoms with Gasteiger partial charge in [-0.2, -0.15) is 0 Å². The highest BCUT2D eigenvalue weighted by Gasteiger charge is 2.11.